The van der Waals surface area contributed by atoms with Gasteiger partial charge in [-0.15, -0.1) is 0 Å². The standard InChI is InChI=1S/C11H16O3/c1-3-6-13-10(12)8-4-5-9-11(2,7-8)14-9/h3,8-9H,1,4-7H2,2H3. The van der Waals surface area contributed by atoms with E-state index in [1.165, 1.54) is 0 Å². The Balaban J connectivity index is 1.86. The minimum absolute atomic E-state index is 0.0266. The maximum atomic E-state index is 11.5. The Labute approximate surface area is 84.1 Å². The Kier molecular flexibility index (Phi) is 2.35. The first-order chi connectivity index (χ1) is 6.65. The van der Waals surface area contributed by atoms with Crippen molar-refractivity contribution < 1.29 is 14.3 Å². The molecule has 0 radical (unpaired) electrons. The fourth-order valence-corrected chi connectivity index (χ4v) is 2.24. The highest BCUT2D eigenvalue weighted by Crippen LogP contribution is 2.49. The van der Waals surface area contributed by atoms with Gasteiger partial charge in [0.15, 0.2) is 0 Å². The summed E-state index contributed by atoms with van der Waals surface area (Å²) in [6.07, 6.45) is 4.69. The van der Waals surface area contributed by atoms with E-state index in [9.17, 15) is 4.79 Å². The van der Waals surface area contributed by atoms with Crippen LogP contribution < -0.4 is 0 Å². The maximum Gasteiger partial charge on any atom is 0.309 e. The van der Waals surface area contributed by atoms with Crippen LogP contribution in [0.25, 0.3) is 0 Å². The number of carbonyl (C=O) groups is 1. The molecule has 2 aliphatic rings. The molecular weight excluding hydrogens is 180 g/mol. The normalized spacial score (nSPS) is 39.8. The van der Waals surface area contributed by atoms with Gasteiger partial charge in [-0.3, -0.25) is 4.79 Å². The molecule has 0 aromatic carbocycles. The van der Waals surface area contributed by atoms with Gasteiger partial charge in [0.05, 0.1) is 17.6 Å². The number of hydrogen-bond acceptors (Lipinski definition) is 3. The molecule has 14 heavy (non-hydrogen) atoms. The largest absolute Gasteiger partial charge is 0.461 e. The van der Waals surface area contributed by atoms with Gasteiger partial charge >= 0.3 is 5.97 Å². The van der Waals surface area contributed by atoms with Crippen LogP contribution >= 0.6 is 0 Å². The minimum atomic E-state index is -0.0972. The van der Waals surface area contributed by atoms with Crippen molar-refractivity contribution in [2.75, 3.05) is 6.61 Å². The number of esters is 1. The molecule has 2 fully saturated rings. The minimum Gasteiger partial charge on any atom is -0.461 e. The van der Waals surface area contributed by atoms with Crippen LogP contribution in [0.5, 0.6) is 0 Å². The second-order valence-corrected chi connectivity index (χ2v) is 4.32. The second-order valence-electron chi connectivity index (χ2n) is 4.32. The molecule has 0 spiro atoms. The van der Waals surface area contributed by atoms with Gasteiger partial charge in [-0.25, -0.2) is 0 Å². The first-order valence-electron chi connectivity index (χ1n) is 5.11. The lowest BCUT2D eigenvalue weighted by molar-refractivity contribution is -0.148. The van der Waals surface area contributed by atoms with E-state index in [1.54, 1.807) is 6.08 Å². The third-order valence-corrected chi connectivity index (χ3v) is 3.14. The smallest absolute Gasteiger partial charge is 0.309 e. The third kappa shape index (κ3) is 1.69. The molecule has 0 aromatic heterocycles. The van der Waals surface area contributed by atoms with Crippen molar-refractivity contribution in [2.24, 2.45) is 5.92 Å². The van der Waals surface area contributed by atoms with Crippen molar-refractivity contribution in [3.05, 3.63) is 12.7 Å². The van der Waals surface area contributed by atoms with Crippen LogP contribution in [0.3, 0.4) is 0 Å². The van der Waals surface area contributed by atoms with E-state index < -0.39 is 0 Å². The highest BCUT2D eigenvalue weighted by Gasteiger charge is 2.56. The Morgan fingerprint density at radius 2 is 2.50 bits per heavy atom. The number of fused-ring (bicyclic) bond motifs is 1. The molecule has 78 valence electrons. The molecule has 0 bridgehead atoms. The van der Waals surface area contributed by atoms with Crippen molar-refractivity contribution in [1.29, 1.82) is 0 Å². The molecule has 3 unspecified atom stereocenters. The monoisotopic (exact) mass is 196 g/mol. The number of epoxide rings is 1. The Morgan fingerprint density at radius 3 is 3.14 bits per heavy atom. The highest BCUT2D eigenvalue weighted by molar-refractivity contribution is 5.73. The van der Waals surface area contributed by atoms with Gasteiger partial charge in [0.1, 0.15) is 6.61 Å². The van der Waals surface area contributed by atoms with Crippen LogP contribution in [-0.4, -0.2) is 24.3 Å². The topological polar surface area (TPSA) is 38.8 Å². The molecule has 3 atom stereocenters. The summed E-state index contributed by atoms with van der Waals surface area (Å²) >= 11 is 0. The number of rotatable bonds is 3. The maximum absolute atomic E-state index is 11.5. The van der Waals surface area contributed by atoms with Gasteiger partial charge in [0.25, 0.3) is 0 Å². The predicted molar refractivity (Wildman–Crippen MR) is 51.8 cm³/mol. The zero-order valence-electron chi connectivity index (χ0n) is 8.49. The van der Waals surface area contributed by atoms with E-state index in [4.69, 9.17) is 9.47 Å². The lowest BCUT2D eigenvalue weighted by atomic mass is 9.82. The molecule has 0 aromatic rings. The van der Waals surface area contributed by atoms with Gasteiger partial charge in [-0.2, -0.15) is 0 Å². The van der Waals surface area contributed by atoms with Crippen LogP contribution in [-0.2, 0) is 14.3 Å². The van der Waals surface area contributed by atoms with Crippen LogP contribution in [0.15, 0.2) is 12.7 Å². The van der Waals surface area contributed by atoms with Crippen LogP contribution in [0.4, 0.5) is 0 Å². The van der Waals surface area contributed by atoms with Crippen molar-refractivity contribution in [1.82, 2.24) is 0 Å². The summed E-state index contributed by atoms with van der Waals surface area (Å²) in [6, 6.07) is 0. The Hall–Kier alpha value is -0.830. The fraction of sp³-hybridized carbons (Fsp3) is 0.727. The number of hydrogen-bond donors (Lipinski definition) is 0. The van der Waals surface area contributed by atoms with Gasteiger partial charge in [0, 0.05) is 0 Å². The predicted octanol–water partition coefficient (Wildman–Crippen LogP) is 1.67. The van der Waals surface area contributed by atoms with Crippen molar-refractivity contribution in [2.45, 2.75) is 37.9 Å². The number of carbonyl (C=O) groups excluding carboxylic acids is 1. The zero-order valence-corrected chi connectivity index (χ0v) is 8.49. The molecule has 2 rings (SSSR count). The Morgan fingerprint density at radius 1 is 1.71 bits per heavy atom. The molecule has 1 saturated carbocycles. The summed E-state index contributed by atoms with van der Waals surface area (Å²) in [4.78, 5) is 11.5. The molecule has 1 aliphatic heterocycles. The van der Waals surface area contributed by atoms with Crippen molar-refractivity contribution in [3.63, 3.8) is 0 Å². The van der Waals surface area contributed by atoms with Crippen molar-refractivity contribution in [3.8, 4) is 0 Å². The van der Waals surface area contributed by atoms with Crippen LogP contribution in [0, 0.1) is 5.92 Å². The second kappa shape index (κ2) is 3.39. The summed E-state index contributed by atoms with van der Waals surface area (Å²) < 4.78 is 10.6. The molecule has 0 N–H and O–H groups in total. The molecule has 3 heteroatoms. The van der Waals surface area contributed by atoms with E-state index in [0.717, 1.165) is 19.3 Å². The third-order valence-electron chi connectivity index (χ3n) is 3.14. The van der Waals surface area contributed by atoms with Crippen molar-refractivity contribution >= 4 is 5.97 Å². The van der Waals surface area contributed by atoms with Gasteiger partial charge in [-0.05, 0) is 26.2 Å². The highest BCUT2D eigenvalue weighted by atomic mass is 16.6. The summed E-state index contributed by atoms with van der Waals surface area (Å²) in [7, 11) is 0. The molecule has 3 nitrogen and oxygen atoms in total. The Bertz CT molecular complexity index is 261. The van der Waals surface area contributed by atoms with E-state index >= 15 is 0 Å². The lowest BCUT2D eigenvalue weighted by Crippen LogP contribution is -2.29. The van der Waals surface area contributed by atoms with Gasteiger partial charge < -0.3 is 9.47 Å². The first-order valence-corrected chi connectivity index (χ1v) is 5.11. The average molecular weight is 196 g/mol. The number of ether oxygens (including phenoxy) is 2. The first kappa shape index (κ1) is 9.71. The SMILES string of the molecule is C=CCOC(=O)C1CCC2OC2(C)C1. The van der Waals surface area contributed by atoms with Gasteiger partial charge in [-0.1, -0.05) is 12.7 Å². The molecular formula is C11H16O3. The van der Waals surface area contributed by atoms with E-state index in [0.29, 0.717) is 12.7 Å². The summed E-state index contributed by atoms with van der Waals surface area (Å²) in [5.41, 5.74) is -0.0316. The van der Waals surface area contributed by atoms with Crippen LogP contribution in [0.1, 0.15) is 26.2 Å². The van der Waals surface area contributed by atoms with Gasteiger partial charge in [0.2, 0.25) is 0 Å². The van der Waals surface area contributed by atoms with E-state index in [-0.39, 0.29) is 17.5 Å². The summed E-state index contributed by atoms with van der Waals surface area (Å²) in [6.45, 7) is 5.90. The van der Waals surface area contributed by atoms with E-state index in [1.807, 2.05) is 0 Å². The molecule has 1 aliphatic carbocycles. The summed E-state index contributed by atoms with van der Waals surface area (Å²) in [5, 5.41) is 0. The molecule has 1 heterocycles. The average Bonchev–Trinajstić information content (AvgIpc) is 2.84. The quantitative estimate of drug-likeness (QED) is 0.391. The van der Waals surface area contributed by atoms with E-state index in [2.05, 4.69) is 13.5 Å². The van der Waals surface area contributed by atoms with Crippen LogP contribution in [0.2, 0.25) is 0 Å². The molecule has 1 saturated heterocycles. The summed E-state index contributed by atoms with van der Waals surface area (Å²) in [5.74, 6) is -0.0706. The molecule has 0 amide bonds. The fourth-order valence-electron chi connectivity index (χ4n) is 2.24. The zero-order chi connectivity index (χ0) is 10.2. The lowest BCUT2D eigenvalue weighted by Gasteiger charge is -2.21.